The Labute approximate surface area is 81.6 Å². The van der Waals surface area contributed by atoms with E-state index in [2.05, 4.69) is 9.97 Å². The molecule has 0 amide bonds. The normalized spacial score (nSPS) is 10.8. The third kappa shape index (κ3) is 1.19. The van der Waals surface area contributed by atoms with Crippen LogP contribution in [0.2, 0.25) is 0 Å². The molecule has 0 atom stereocenters. The van der Waals surface area contributed by atoms with Crippen LogP contribution in [0.15, 0.2) is 12.3 Å². The number of carbonyl (C=O) groups excluding carboxylic acids is 1. The summed E-state index contributed by atoms with van der Waals surface area (Å²) in [5.41, 5.74) is 2.57. The van der Waals surface area contributed by atoms with Gasteiger partial charge in [0.05, 0.1) is 0 Å². The molecule has 0 saturated heterocycles. The molecule has 2 aromatic heterocycles. The summed E-state index contributed by atoms with van der Waals surface area (Å²) in [7, 11) is 1.80. The second kappa shape index (κ2) is 2.90. The van der Waals surface area contributed by atoms with Gasteiger partial charge in [-0.15, -0.1) is 0 Å². The van der Waals surface area contributed by atoms with Gasteiger partial charge in [-0.3, -0.25) is 4.79 Å². The highest BCUT2D eigenvalue weighted by atomic mass is 16.1. The molecule has 0 unspecified atom stereocenters. The first-order valence-corrected chi connectivity index (χ1v) is 4.39. The number of imidazole rings is 1. The molecule has 0 aliphatic carbocycles. The number of fused-ring (bicyclic) bond motifs is 1. The van der Waals surface area contributed by atoms with E-state index in [9.17, 15) is 4.79 Å². The smallest absolute Gasteiger partial charge is 0.195 e. The van der Waals surface area contributed by atoms with Crippen molar-refractivity contribution in [1.82, 2.24) is 14.5 Å². The SMILES string of the molecule is CC(=O)c1nc2cc(C)cnc2n1C. The summed E-state index contributed by atoms with van der Waals surface area (Å²) in [4.78, 5) is 19.7. The average molecular weight is 189 g/mol. The molecule has 2 heterocycles. The minimum Gasteiger partial charge on any atom is -0.309 e. The topological polar surface area (TPSA) is 47.8 Å². The molecule has 4 nitrogen and oxygen atoms in total. The summed E-state index contributed by atoms with van der Waals surface area (Å²) in [6, 6.07) is 1.93. The van der Waals surface area contributed by atoms with E-state index in [1.165, 1.54) is 6.92 Å². The van der Waals surface area contributed by atoms with Gasteiger partial charge in [0.2, 0.25) is 0 Å². The summed E-state index contributed by atoms with van der Waals surface area (Å²) in [6.07, 6.45) is 1.77. The highest BCUT2D eigenvalue weighted by molar-refractivity contribution is 5.93. The van der Waals surface area contributed by atoms with Gasteiger partial charge in [-0.25, -0.2) is 9.97 Å². The van der Waals surface area contributed by atoms with Crippen LogP contribution in [0.5, 0.6) is 0 Å². The first-order chi connectivity index (χ1) is 6.59. The molecule has 2 aromatic rings. The average Bonchev–Trinajstić information content (AvgIpc) is 2.43. The largest absolute Gasteiger partial charge is 0.309 e. The van der Waals surface area contributed by atoms with Crippen LogP contribution in [-0.4, -0.2) is 20.3 Å². The predicted molar refractivity (Wildman–Crippen MR) is 53.3 cm³/mol. The molecule has 0 N–H and O–H groups in total. The zero-order valence-corrected chi connectivity index (χ0v) is 8.40. The maximum absolute atomic E-state index is 11.2. The number of aromatic nitrogens is 3. The number of hydrogen-bond donors (Lipinski definition) is 0. The van der Waals surface area contributed by atoms with Crippen molar-refractivity contribution in [2.45, 2.75) is 13.8 Å². The van der Waals surface area contributed by atoms with E-state index in [0.29, 0.717) is 5.82 Å². The fourth-order valence-electron chi connectivity index (χ4n) is 1.49. The van der Waals surface area contributed by atoms with Gasteiger partial charge in [0.15, 0.2) is 17.3 Å². The van der Waals surface area contributed by atoms with E-state index < -0.39 is 0 Å². The number of nitrogens with zero attached hydrogens (tertiary/aromatic N) is 3. The van der Waals surface area contributed by atoms with Crippen molar-refractivity contribution in [2.75, 3.05) is 0 Å². The number of ketones is 1. The van der Waals surface area contributed by atoms with E-state index >= 15 is 0 Å². The van der Waals surface area contributed by atoms with Crippen molar-refractivity contribution in [3.05, 3.63) is 23.7 Å². The van der Waals surface area contributed by atoms with Crippen molar-refractivity contribution >= 4 is 16.9 Å². The summed E-state index contributed by atoms with van der Waals surface area (Å²) >= 11 is 0. The third-order valence-corrected chi connectivity index (χ3v) is 2.16. The third-order valence-electron chi connectivity index (χ3n) is 2.16. The molecular formula is C10H11N3O. The first-order valence-electron chi connectivity index (χ1n) is 4.39. The molecule has 0 fully saturated rings. The minimum atomic E-state index is -0.0387. The fourth-order valence-corrected chi connectivity index (χ4v) is 1.49. The highest BCUT2D eigenvalue weighted by Gasteiger charge is 2.11. The van der Waals surface area contributed by atoms with Gasteiger partial charge in [0, 0.05) is 20.2 Å². The Balaban J connectivity index is 2.79. The molecule has 72 valence electrons. The lowest BCUT2D eigenvalue weighted by atomic mass is 10.3. The highest BCUT2D eigenvalue weighted by Crippen LogP contribution is 2.13. The van der Waals surface area contributed by atoms with Crippen molar-refractivity contribution < 1.29 is 4.79 Å². The van der Waals surface area contributed by atoms with Gasteiger partial charge < -0.3 is 4.57 Å². The zero-order chi connectivity index (χ0) is 10.3. The Hall–Kier alpha value is -1.71. The molecule has 14 heavy (non-hydrogen) atoms. The maximum Gasteiger partial charge on any atom is 0.195 e. The second-order valence-electron chi connectivity index (χ2n) is 3.41. The molecule has 0 spiro atoms. The summed E-state index contributed by atoms with van der Waals surface area (Å²) < 4.78 is 1.72. The van der Waals surface area contributed by atoms with Crippen molar-refractivity contribution in [3.8, 4) is 0 Å². The molecule has 0 radical (unpaired) electrons. The standard InChI is InChI=1S/C10H11N3O/c1-6-4-8-10(11-5-6)13(3)9(12-8)7(2)14/h4-5H,1-3H3. The Morgan fingerprint density at radius 2 is 2.21 bits per heavy atom. The Kier molecular flexibility index (Phi) is 1.84. The van der Waals surface area contributed by atoms with E-state index in [4.69, 9.17) is 0 Å². The fraction of sp³-hybridized carbons (Fsp3) is 0.300. The van der Waals surface area contributed by atoms with E-state index in [1.54, 1.807) is 17.8 Å². The van der Waals surface area contributed by atoms with Gasteiger partial charge in [0.25, 0.3) is 0 Å². The van der Waals surface area contributed by atoms with Gasteiger partial charge in [0.1, 0.15) is 5.52 Å². The predicted octanol–water partition coefficient (Wildman–Crippen LogP) is 1.48. The van der Waals surface area contributed by atoms with Crippen molar-refractivity contribution in [2.24, 2.45) is 7.05 Å². The van der Waals surface area contributed by atoms with Crippen LogP contribution >= 0.6 is 0 Å². The van der Waals surface area contributed by atoms with Crippen LogP contribution in [-0.2, 0) is 7.05 Å². The van der Waals surface area contributed by atoms with Crippen LogP contribution in [0.25, 0.3) is 11.2 Å². The van der Waals surface area contributed by atoms with Crippen molar-refractivity contribution in [1.29, 1.82) is 0 Å². The van der Waals surface area contributed by atoms with Gasteiger partial charge >= 0.3 is 0 Å². The number of rotatable bonds is 1. The van der Waals surface area contributed by atoms with Crippen LogP contribution in [0.1, 0.15) is 23.1 Å². The Morgan fingerprint density at radius 1 is 1.50 bits per heavy atom. The molecule has 4 heteroatoms. The number of pyridine rings is 1. The first kappa shape index (κ1) is 8.87. The number of carbonyl (C=O) groups is 1. The molecule has 0 aliphatic rings. The maximum atomic E-state index is 11.2. The van der Waals surface area contributed by atoms with Crippen LogP contribution < -0.4 is 0 Å². The monoisotopic (exact) mass is 189 g/mol. The van der Waals surface area contributed by atoms with E-state index in [1.807, 2.05) is 13.0 Å². The van der Waals surface area contributed by atoms with E-state index in [-0.39, 0.29) is 5.78 Å². The lowest BCUT2D eigenvalue weighted by Crippen LogP contribution is -2.03. The molecular weight excluding hydrogens is 178 g/mol. The Morgan fingerprint density at radius 3 is 2.86 bits per heavy atom. The lowest BCUT2D eigenvalue weighted by Gasteiger charge is -1.96. The molecule has 0 aliphatic heterocycles. The zero-order valence-electron chi connectivity index (χ0n) is 8.40. The second-order valence-corrected chi connectivity index (χ2v) is 3.41. The lowest BCUT2D eigenvalue weighted by molar-refractivity contribution is 0.100. The van der Waals surface area contributed by atoms with Crippen LogP contribution in [0.3, 0.4) is 0 Å². The summed E-state index contributed by atoms with van der Waals surface area (Å²) in [5.74, 6) is 0.418. The molecule has 0 saturated carbocycles. The van der Waals surface area contributed by atoms with Crippen LogP contribution in [0, 0.1) is 6.92 Å². The van der Waals surface area contributed by atoms with E-state index in [0.717, 1.165) is 16.7 Å². The van der Waals surface area contributed by atoms with Crippen LogP contribution in [0.4, 0.5) is 0 Å². The summed E-state index contributed by atoms with van der Waals surface area (Å²) in [6.45, 7) is 3.46. The summed E-state index contributed by atoms with van der Waals surface area (Å²) in [5, 5.41) is 0. The van der Waals surface area contributed by atoms with Gasteiger partial charge in [-0.2, -0.15) is 0 Å². The minimum absolute atomic E-state index is 0.0387. The number of Topliss-reactive ketones (excluding diaryl/α,β-unsaturated/α-hetero) is 1. The van der Waals surface area contributed by atoms with Gasteiger partial charge in [-0.1, -0.05) is 0 Å². The number of hydrogen-bond acceptors (Lipinski definition) is 3. The molecule has 0 aromatic carbocycles. The quantitative estimate of drug-likeness (QED) is 0.638. The Bertz CT molecular complexity index is 513. The van der Waals surface area contributed by atoms with Crippen molar-refractivity contribution in [3.63, 3.8) is 0 Å². The number of aryl methyl sites for hydroxylation is 2. The molecule has 2 rings (SSSR count). The van der Waals surface area contributed by atoms with Gasteiger partial charge in [-0.05, 0) is 18.6 Å². The molecule has 0 bridgehead atoms.